The number of aryl methyl sites for hydroxylation is 2. The third-order valence-electron chi connectivity index (χ3n) is 9.78. The Hall–Kier alpha value is -4.94. The molecule has 1 fully saturated rings. The number of amides is 2. The lowest BCUT2D eigenvalue weighted by Crippen LogP contribution is -2.49. The molecule has 2 aliphatic rings. The first-order valence-corrected chi connectivity index (χ1v) is 18.7. The zero-order valence-corrected chi connectivity index (χ0v) is 31.9. The SMILES string of the molecule is CCN(CC)C(=O)CCN1C(Nc2ccc(OCCN3CCN(C(C)C)CC3)c(F)c2)=NC=CC1OC(=O)N(c1ccccc1)c1c(C)cccc1C. The van der Waals surface area contributed by atoms with Gasteiger partial charge in [-0.15, -0.1) is 0 Å². The molecule has 284 valence electrons. The molecular weight excluding hydrogens is 673 g/mol. The number of piperazine rings is 1. The minimum Gasteiger partial charge on any atom is -0.489 e. The van der Waals surface area contributed by atoms with Crippen LogP contribution in [0.2, 0.25) is 0 Å². The number of carbonyl (C=O) groups excluding carboxylic acids is 2. The van der Waals surface area contributed by atoms with Crippen molar-refractivity contribution in [2.75, 3.05) is 69.2 Å². The molecule has 0 aromatic heterocycles. The lowest BCUT2D eigenvalue weighted by atomic mass is 10.1. The summed E-state index contributed by atoms with van der Waals surface area (Å²) in [6.45, 7) is 18.6. The molecule has 0 saturated carbocycles. The van der Waals surface area contributed by atoms with Crippen LogP contribution in [0.3, 0.4) is 0 Å². The summed E-state index contributed by atoms with van der Waals surface area (Å²) in [7, 11) is 0. The predicted octanol–water partition coefficient (Wildman–Crippen LogP) is 7.00. The minimum atomic E-state index is -0.919. The summed E-state index contributed by atoms with van der Waals surface area (Å²) in [4.78, 5) is 41.7. The zero-order valence-electron chi connectivity index (χ0n) is 31.9. The van der Waals surface area contributed by atoms with Gasteiger partial charge in [-0.25, -0.2) is 19.1 Å². The van der Waals surface area contributed by atoms with E-state index in [1.807, 2.05) is 76.2 Å². The zero-order chi connectivity index (χ0) is 37.9. The largest absolute Gasteiger partial charge is 0.489 e. The Morgan fingerprint density at radius 1 is 0.943 bits per heavy atom. The number of nitrogens with one attached hydrogen (secondary N) is 1. The van der Waals surface area contributed by atoms with Crippen LogP contribution in [0.15, 0.2) is 84.0 Å². The van der Waals surface area contributed by atoms with Gasteiger partial charge in [0.15, 0.2) is 11.6 Å². The monoisotopic (exact) mass is 727 g/mol. The fourth-order valence-corrected chi connectivity index (χ4v) is 6.71. The van der Waals surface area contributed by atoms with Crippen LogP contribution in [0.1, 0.15) is 45.2 Å². The summed E-state index contributed by atoms with van der Waals surface area (Å²) in [6.07, 6.45) is 1.84. The second-order valence-electron chi connectivity index (χ2n) is 13.6. The summed E-state index contributed by atoms with van der Waals surface area (Å²) in [6, 6.07) is 20.4. The fraction of sp³-hybridized carbons (Fsp3) is 0.439. The van der Waals surface area contributed by atoms with Gasteiger partial charge in [0.2, 0.25) is 18.1 Å². The van der Waals surface area contributed by atoms with Gasteiger partial charge in [0.05, 0.1) is 11.4 Å². The Kier molecular flexibility index (Phi) is 13.9. The summed E-state index contributed by atoms with van der Waals surface area (Å²) in [5.41, 5.74) is 3.63. The Bertz CT molecular complexity index is 1720. The molecule has 2 aliphatic heterocycles. The number of aliphatic imine (C=N–C) groups is 1. The molecule has 5 rings (SSSR count). The van der Waals surface area contributed by atoms with Crippen LogP contribution in [0.25, 0.3) is 0 Å². The van der Waals surface area contributed by atoms with E-state index in [2.05, 4.69) is 34.0 Å². The van der Waals surface area contributed by atoms with Crippen LogP contribution in [-0.4, -0.2) is 109 Å². The number of hydrogen-bond acceptors (Lipinski definition) is 9. The van der Waals surface area contributed by atoms with Crippen molar-refractivity contribution in [3.8, 4) is 5.75 Å². The second-order valence-corrected chi connectivity index (χ2v) is 13.6. The average molecular weight is 728 g/mol. The predicted molar refractivity (Wildman–Crippen MR) is 209 cm³/mol. The topological polar surface area (TPSA) is 93.2 Å². The van der Waals surface area contributed by atoms with Crippen molar-refractivity contribution >= 4 is 35.0 Å². The molecule has 1 saturated heterocycles. The normalized spacial score (nSPS) is 16.3. The molecule has 0 radical (unpaired) electrons. The first kappa shape index (κ1) is 39.3. The molecule has 1 N–H and O–H groups in total. The van der Waals surface area contributed by atoms with Gasteiger partial charge in [-0.3, -0.25) is 14.6 Å². The molecule has 0 aliphatic carbocycles. The number of rotatable bonds is 14. The van der Waals surface area contributed by atoms with Crippen LogP contribution in [0.4, 0.5) is 26.2 Å². The molecule has 3 aromatic rings. The smallest absolute Gasteiger partial charge is 0.421 e. The van der Waals surface area contributed by atoms with E-state index in [4.69, 9.17) is 9.47 Å². The summed E-state index contributed by atoms with van der Waals surface area (Å²) in [5.74, 6) is -0.0675. The van der Waals surface area contributed by atoms with Gasteiger partial charge in [0, 0.05) is 82.8 Å². The van der Waals surface area contributed by atoms with Crippen molar-refractivity contribution in [3.05, 3.63) is 96.0 Å². The number of anilines is 3. The fourth-order valence-electron chi connectivity index (χ4n) is 6.71. The molecule has 3 aromatic carbocycles. The third kappa shape index (κ3) is 10.1. The molecule has 1 unspecified atom stereocenters. The number of para-hydroxylation sites is 2. The number of carbonyl (C=O) groups is 2. The summed E-state index contributed by atoms with van der Waals surface area (Å²) < 4.78 is 27.5. The van der Waals surface area contributed by atoms with E-state index < -0.39 is 18.1 Å². The molecule has 2 heterocycles. The lowest BCUT2D eigenvalue weighted by Gasteiger charge is -2.36. The van der Waals surface area contributed by atoms with Gasteiger partial charge < -0.3 is 24.6 Å². The van der Waals surface area contributed by atoms with Crippen molar-refractivity contribution in [1.29, 1.82) is 0 Å². The average Bonchev–Trinajstić information content (AvgIpc) is 3.15. The van der Waals surface area contributed by atoms with Crippen molar-refractivity contribution in [2.45, 2.75) is 60.2 Å². The van der Waals surface area contributed by atoms with E-state index in [1.165, 1.54) is 6.07 Å². The van der Waals surface area contributed by atoms with E-state index >= 15 is 4.39 Å². The molecule has 0 spiro atoms. The van der Waals surface area contributed by atoms with Gasteiger partial charge in [-0.2, -0.15) is 0 Å². The highest BCUT2D eigenvalue weighted by molar-refractivity contribution is 5.99. The molecule has 2 amide bonds. The second kappa shape index (κ2) is 18.7. The summed E-state index contributed by atoms with van der Waals surface area (Å²) >= 11 is 0. The number of benzene rings is 3. The maximum absolute atomic E-state index is 15.4. The van der Waals surface area contributed by atoms with Crippen molar-refractivity contribution in [2.24, 2.45) is 4.99 Å². The highest BCUT2D eigenvalue weighted by atomic mass is 19.1. The molecule has 53 heavy (non-hydrogen) atoms. The maximum Gasteiger partial charge on any atom is 0.421 e. The van der Waals surface area contributed by atoms with Gasteiger partial charge in [-0.1, -0.05) is 36.4 Å². The van der Waals surface area contributed by atoms with Gasteiger partial charge >= 0.3 is 6.09 Å². The standard InChI is InChI=1S/C41H54FN7O4/c1-7-46(8-2)37(50)20-22-48-38(53-41(51)49(34-15-10-9-11-16-34)39-31(5)13-12-14-32(39)6)19-21-43-40(48)44-33-17-18-36(35(42)29-33)52-28-27-45-23-25-47(26-24-45)30(3)4/h9-19,21,29-30,38H,7-8,20,22-28H2,1-6H3,(H,43,44). The highest BCUT2D eigenvalue weighted by Crippen LogP contribution is 2.33. The van der Waals surface area contributed by atoms with Crippen LogP contribution < -0.4 is 15.0 Å². The van der Waals surface area contributed by atoms with Crippen molar-refractivity contribution in [3.63, 3.8) is 0 Å². The highest BCUT2D eigenvalue weighted by Gasteiger charge is 2.31. The Morgan fingerprint density at radius 3 is 2.28 bits per heavy atom. The van der Waals surface area contributed by atoms with Crippen molar-refractivity contribution < 1.29 is 23.5 Å². The van der Waals surface area contributed by atoms with Crippen molar-refractivity contribution in [1.82, 2.24) is 19.6 Å². The van der Waals surface area contributed by atoms with Crippen LogP contribution in [-0.2, 0) is 9.53 Å². The van der Waals surface area contributed by atoms with E-state index in [9.17, 15) is 9.59 Å². The number of nitrogens with zero attached hydrogens (tertiary/aromatic N) is 6. The molecular formula is C41H54FN7O4. The first-order chi connectivity index (χ1) is 25.6. The molecule has 12 heteroatoms. The van der Waals surface area contributed by atoms with E-state index in [0.29, 0.717) is 43.1 Å². The number of hydrogen-bond donors (Lipinski definition) is 1. The van der Waals surface area contributed by atoms with Crippen LogP contribution >= 0.6 is 0 Å². The molecule has 1 atom stereocenters. The van der Waals surface area contributed by atoms with Gasteiger partial charge in [0.25, 0.3) is 0 Å². The van der Waals surface area contributed by atoms with Crippen LogP contribution in [0.5, 0.6) is 5.75 Å². The van der Waals surface area contributed by atoms with E-state index in [-0.39, 0.29) is 24.6 Å². The quantitative estimate of drug-likeness (QED) is 0.190. The van der Waals surface area contributed by atoms with Gasteiger partial charge in [0.1, 0.15) is 6.61 Å². The van der Waals surface area contributed by atoms with E-state index in [1.54, 1.807) is 39.1 Å². The lowest BCUT2D eigenvalue weighted by molar-refractivity contribution is -0.131. The van der Waals surface area contributed by atoms with E-state index in [0.717, 1.165) is 49.5 Å². The van der Waals surface area contributed by atoms with Gasteiger partial charge in [-0.05, 0) is 83.0 Å². The number of ether oxygens (including phenoxy) is 2. The third-order valence-corrected chi connectivity index (χ3v) is 9.78. The Balaban J connectivity index is 1.31. The first-order valence-electron chi connectivity index (χ1n) is 18.7. The van der Waals surface area contributed by atoms with Crippen LogP contribution in [0, 0.1) is 19.7 Å². The molecule has 0 bridgehead atoms. The number of guanidine groups is 1. The minimum absolute atomic E-state index is 0.0372. The maximum atomic E-state index is 15.4. The molecule has 11 nitrogen and oxygen atoms in total. The summed E-state index contributed by atoms with van der Waals surface area (Å²) in [5, 5.41) is 3.20. The number of halogens is 1. The Morgan fingerprint density at radius 2 is 1.64 bits per heavy atom. The Labute approximate surface area is 313 Å².